The zero-order valence-corrected chi connectivity index (χ0v) is 13.8. The normalized spacial score (nSPS) is 17.1. The summed E-state index contributed by atoms with van der Waals surface area (Å²) in [6, 6.07) is 17.1. The van der Waals surface area contributed by atoms with Crippen LogP contribution in [0.15, 0.2) is 77.1 Å². The van der Waals surface area contributed by atoms with E-state index in [0.29, 0.717) is 22.4 Å². The van der Waals surface area contributed by atoms with Gasteiger partial charge in [-0.05, 0) is 36.0 Å². The number of thioether (sulfide) groups is 1. The van der Waals surface area contributed by atoms with E-state index in [-0.39, 0.29) is 5.91 Å². The highest BCUT2D eigenvalue weighted by Crippen LogP contribution is 2.30. The van der Waals surface area contributed by atoms with Gasteiger partial charge in [0.15, 0.2) is 5.17 Å². The van der Waals surface area contributed by atoms with E-state index in [1.807, 2.05) is 60.7 Å². The van der Waals surface area contributed by atoms with Crippen LogP contribution in [0.4, 0.5) is 5.69 Å². The molecule has 0 unspecified atom stereocenters. The van der Waals surface area contributed by atoms with Crippen LogP contribution in [0.1, 0.15) is 5.56 Å². The molecule has 0 radical (unpaired) electrons. The van der Waals surface area contributed by atoms with Crippen molar-refractivity contribution in [3.05, 3.63) is 77.7 Å². The Morgan fingerprint density at radius 1 is 1.12 bits per heavy atom. The van der Waals surface area contributed by atoms with Crippen LogP contribution in [-0.2, 0) is 4.79 Å². The molecule has 1 heterocycles. The SMILES string of the molecule is C=CCOc1ccccc1/C=C1\SC(=Nc2ccccc2)NC1=O. The standard InChI is InChI=1S/C19H16N2O2S/c1-2-12-23-16-11-7-6-8-14(16)13-17-18(22)21-19(24-17)20-15-9-4-3-5-10-15/h2-11,13H,1,12H2,(H,20,21,22)/b17-13-. The number of hydrogen-bond acceptors (Lipinski definition) is 4. The Morgan fingerprint density at radius 2 is 1.88 bits per heavy atom. The molecule has 2 aromatic carbocycles. The van der Waals surface area contributed by atoms with Gasteiger partial charge in [0.25, 0.3) is 5.91 Å². The van der Waals surface area contributed by atoms with Gasteiger partial charge >= 0.3 is 0 Å². The molecule has 1 aliphatic heterocycles. The molecule has 1 amide bonds. The van der Waals surface area contributed by atoms with Gasteiger partial charge in [-0.1, -0.05) is 49.1 Å². The van der Waals surface area contributed by atoms with Crippen molar-refractivity contribution in [3.8, 4) is 5.75 Å². The lowest BCUT2D eigenvalue weighted by atomic mass is 10.2. The summed E-state index contributed by atoms with van der Waals surface area (Å²) in [5.74, 6) is 0.556. The number of nitrogens with zero attached hydrogens (tertiary/aromatic N) is 1. The number of para-hydroxylation sites is 2. The Morgan fingerprint density at radius 3 is 2.67 bits per heavy atom. The smallest absolute Gasteiger partial charge is 0.264 e. The van der Waals surface area contributed by atoms with Crippen LogP contribution in [0, 0.1) is 0 Å². The number of carbonyl (C=O) groups excluding carboxylic acids is 1. The first-order valence-electron chi connectivity index (χ1n) is 7.43. The molecule has 1 N–H and O–H groups in total. The van der Waals surface area contributed by atoms with Gasteiger partial charge in [-0.25, -0.2) is 4.99 Å². The summed E-state index contributed by atoms with van der Waals surface area (Å²) in [6.07, 6.45) is 3.50. The first-order chi connectivity index (χ1) is 11.8. The molecule has 1 saturated heterocycles. The van der Waals surface area contributed by atoms with E-state index < -0.39 is 0 Å². The summed E-state index contributed by atoms with van der Waals surface area (Å²) in [5.41, 5.74) is 1.65. The van der Waals surface area contributed by atoms with Crippen LogP contribution < -0.4 is 10.1 Å². The second-order valence-corrected chi connectivity index (χ2v) is 5.99. The van der Waals surface area contributed by atoms with Crippen LogP contribution in [0.2, 0.25) is 0 Å². The molecule has 3 rings (SSSR count). The van der Waals surface area contributed by atoms with Gasteiger partial charge in [-0.15, -0.1) is 0 Å². The number of aliphatic imine (C=N–C) groups is 1. The maximum Gasteiger partial charge on any atom is 0.264 e. The van der Waals surface area contributed by atoms with Crippen LogP contribution in [0.3, 0.4) is 0 Å². The molecule has 0 atom stereocenters. The Balaban J connectivity index is 1.83. The van der Waals surface area contributed by atoms with E-state index in [1.54, 1.807) is 6.08 Å². The summed E-state index contributed by atoms with van der Waals surface area (Å²) in [7, 11) is 0. The lowest BCUT2D eigenvalue weighted by molar-refractivity contribution is -0.115. The molecule has 120 valence electrons. The number of amidine groups is 1. The van der Waals surface area contributed by atoms with Gasteiger partial charge in [0.1, 0.15) is 12.4 Å². The molecular formula is C19H16N2O2S. The number of nitrogens with one attached hydrogen (secondary N) is 1. The van der Waals surface area contributed by atoms with Crippen molar-refractivity contribution in [2.45, 2.75) is 0 Å². The van der Waals surface area contributed by atoms with Crippen LogP contribution >= 0.6 is 11.8 Å². The van der Waals surface area contributed by atoms with Crippen molar-refractivity contribution in [2.24, 2.45) is 4.99 Å². The molecule has 0 aromatic heterocycles. The van der Waals surface area contributed by atoms with Crippen molar-refractivity contribution in [3.63, 3.8) is 0 Å². The molecule has 0 saturated carbocycles. The maximum atomic E-state index is 12.2. The first kappa shape index (κ1) is 16.1. The molecule has 1 aliphatic rings. The van der Waals surface area contributed by atoms with Gasteiger partial charge in [-0.2, -0.15) is 0 Å². The Hall–Kier alpha value is -2.79. The number of amides is 1. The lowest BCUT2D eigenvalue weighted by Gasteiger charge is -2.06. The highest BCUT2D eigenvalue weighted by molar-refractivity contribution is 8.18. The van der Waals surface area contributed by atoms with Gasteiger partial charge in [-0.3, -0.25) is 4.79 Å². The average molecular weight is 336 g/mol. The monoisotopic (exact) mass is 336 g/mol. The van der Waals surface area contributed by atoms with Gasteiger partial charge in [0, 0.05) is 5.56 Å². The number of carbonyl (C=O) groups is 1. The van der Waals surface area contributed by atoms with Crippen molar-refractivity contribution in [2.75, 3.05) is 6.61 Å². The number of benzene rings is 2. The molecule has 0 aliphatic carbocycles. The third-order valence-electron chi connectivity index (χ3n) is 3.20. The Kier molecular flexibility index (Phi) is 5.13. The van der Waals surface area contributed by atoms with Crippen LogP contribution in [-0.4, -0.2) is 17.7 Å². The Bertz CT molecular complexity index is 813. The van der Waals surface area contributed by atoms with Crippen LogP contribution in [0.25, 0.3) is 6.08 Å². The average Bonchev–Trinajstić information content (AvgIpc) is 2.94. The van der Waals surface area contributed by atoms with Gasteiger partial charge < -0.3 is 10.1 Å². The van der Waals surface area contributed by atoms with E-state index in [2.05, 4.69) is 16.9 Å². The minimum Gasteiger partial charge on any atom is -0.489 e. The minimum absolute atomic E-state index is 0.159. The van der Waals surface area contributed by atoms with Crippen molar-refractivity contribution in [1.82, 2.24) is 5.32 Å². The lowest BCUT2D eigenvalue weighted by Crippen LogP contribution is -2.19. The molecule has 24 heavy (non-hydrogen) atoms. The molecule has 2 aromatic rings. The van der Waals surface area contributed by atoms with E-state index in [4.69, 9.17) is 4.74 Å². The predicted molar refractivity (Wildman–Crippen MR) is 99.4 cm³/mol. The van der Waals surface area contributed by atoms with Crippen LogP contribution in [0.5, 0.6) is 5.75 Å². The predicted octanol–water partition coefficient (Wildman–Crippen LogP) is 4.14. The third kappa shape index (κ3) is 3.94. The van der Waals surface area contributed by atoms with Gasteiger partial charge in [0.05, 0.1) is 10.6 Å². The van der Waals surface area contributed by atoms with E-state index in [0.717, 1.165) is 11.3 Å². The molecular weight excluding hydrogens is 320 g/mol. The Labute approximate surface area is 145 Å². The largest absolute Gasteiger partial charge is 0.489 e. The second kappa shape index (κ2) is 7.66. The highest BCUT2D eigenvalue weighted by Gasteiger charge is 2.24. The molecule has 0 bridgehead atoms. The minimum atomic E-state index is -0.159. The molecule has 1 fully saturated rings. The van der Waals surface area contributed by atoms with Crippen molar-refractivity contribution < 1.29 is 9.53 Å². The molecule has 0 spiro atoms. The highest BCUT2D eigenvalue weighted by atomic mass is 32.2. The molecule has 4 nitrogen and oxygen atoms in total. The summed E-state index contributed by atoms with van der Waals surface area (Å²) in [4.78, 5) is 17.2. The fourth-order valence-electron chi connectivity index (χ4n) is 2.12. The quantitative estimate of drug-likeness (QED) is 0.659. The van der Waals surface area contributed by atoms with Gasteiger partial charge in [0.2, 0.25) is 0 Å². The third-order valence-corrected chi connectivity index (χ3v) is 4.11. The van der Waals surface area contributed by atoms with E-state index in [1.165, 1.54) is 11.8 Å². The maximum absolute atomic E-state index is 12.2. The second-order valence-electron chi connectivity index (χ2n) is 4.95. The summed E-state index contributed by atoms with van der Waals surface area (Å²) in [5, 5.41) is 3.36. The topological polar surface area (TPSA) is 50.7 Å². The number of hydrogen-bond donors (Lipinski definition) is 1. The fourth-order valence-corrected chi connectivity index (χ4v) is 2.95. The summed E-state index contributed by atoms with van der Waals surface area (Å²) in [6.45, 7) is 4.06. The van der Waals surface area contributed by atoms with E-state index in [9.17, 15) is 4.79 Å². The fraction of sp³-hybridized carbons (Fsp3) is 0.0526. The zero-order chi connectivity index (χ0) is 16.8. The van der Waals surface area contributed by atoms with Crippen molar-refractivity contribution in [1.29, 1.82) is 0 Å². The first-order valence-corrected chi connectivity index (χ1v) is 8.25. The summed E-state index contributed by atoms with van der Waals surface area (Å²) < 4.78 is 5.62. The van der Waals surface area contributed by atoms with Crippen molar-refractivity contribution >= 4 is 34.6 Å². The summed E-state index contributed by atoms with van der Waals surface area (Å²) >= 11 is 1.32. The number of ether oxygens (including phenoxy) is 1. The number of rotatable bonds is 5. The zero-order valence-electron chi connectivity index (χ0n) is 12.9. The molecule has 5 heteroatoms. The van der Waals surface area contributed by atoms with E-state index >= 15 is 0 Å².